The van der Waals surface area contributed by atoms with E-state index >= 15 is 0 Å². The fourth-order valence-corrected chi connectivity index (χ4v) is 2.12. The SMILES string of the molecule is CC(C)c1cc(C(C)(C)C)co1.CC(C)c1ccc(C(C)(C)C)o1. The van der Waals surface area contributed by atoms with E-state index < -0.39 is 0 Å². The van der Waals surface area contributed by atoms with Crippen molar-refractivity contribution < 1.29 is 8.83 Å². The van der Waals surface area contributed by atoms with Crippen LogP contribution in [0.25, 0.3) is 0 Å². The first-order valence-electron chi connectivity index (χ1n) is 9.01. The molecule has 0 spiro atoms. The highest BCUT2D eigenvalue weighted by atomic mass is 16.3. The lowest BCUT2D eigenvalue weighted by Crippen LogP contribution is -2.09. The zero-order chi connectivity index (χ0) is 18.7. The van der Waals surface area contributed by atoms with Gasteiger partial charge in [-0.2, -0.15) is 0 Å². The number of hydrogen-bond acceptors (Lipinski definition) is 2. The van der Waals surface area contributed by atoms with Crippen molar-refractivity contribution in [1.29, 1.82) is 0 Å². The first-order chi connectivity index (χ1) is 10.8. The second-order valence-corrected chi connectivity index (χ2v) is 9.25. The van der Waals surface area contributed by atoms with Gasteiger partial charge >= 0.3 is 0 Å². The smallest absolute Gasteiger partial charge is 0.109 e. The summed E-state index contributed by atoms with van der Waals surface area (Å²) in [4.78, 5) is 0. The molecule has 2 aromatic rings. The van der Waals surface area contributed by atoms with E-state index in [1.807, 2.05) is 6.26 Å². The van der Waals surface area contributed by atoms with E-state index in [1.54, 1.807) is 0 Å². The van der Waals surface area contributed by atoms with Crippen molar-refractivity contribution in [3.63, 3.8) is 0 Å². The van der Waals surface area contributed by atoms with Crippen LogP contribution in [0.2, 0.25) is 0 Å². The van der Waals surface area contributed by atoms with E-state index in [9.17, 15) is 0 Å². The van der Waals surface area contributed by atoms with Gasteiger partial charge in [-0.1, -0.05) is 69.2 Å². The molecule has 2 nitrogen and oxygen atoms in total. The largest absolute Gasteiger partial charge is 0.469 e. The van der Waals surface area contributed by atoms with Crippen LogP contribution in [0.4, 0.5) is 0 Å². The first kappa shape index (κ1) is 20.6. The molecule has 0 unspecified atom stereocenters. The second kappa shape index (κ2) is 7.63. The fraction of sp³-hybridized carbons (Fsp3) is 0.636. The second-order valence-electron chi connectivity index (χ2n) is 9.25. The summed E-state index contributed by atoms with van der Waals surface area (Å²) in [5, 5.41) is 0. The van der Waals surface area contributed by atoms with Crippen molar-refractivity contribution in [1.82, 2.24) is 0 Å². The molecular weight excluding hydrogens is 296 g/mol. The van der Waals surface area contributed by atoms with Crippen molar-refractivity contribution in [3.8, 4) is 0 Å². The number of hydrogen-bond donors (Lipinski definition) is 0. The number of furan rings is 2. The van der Waals surface area contributed by atoms with Gasteiger partial charge in [-0.05, 0) is 29.2 Å². The van der Waals surface area contributed by atoms with E-state index in [0.29, 0.717) is 11.8 Å². The van der Waals surface area contributed by atoms with Crippen molar-refractivity contribution in [2.45, 2.75) is 91.9 Å². The van der Waals surface area contributed by atoms with Crippen molar-refractivity contribution in [3.05, 3.63) is 47.3 Å². The molecule has 24 heavy (non-hydrogen) atoms. The van der Waals surface area contributed by atoms with Crippen LogP contribution in [0.15, 0.2) is 33.3 Å². The Labute approximate surface area is 148 Å². The van der Waals surface area contributed by atoms with Gasteiger partial charge < -0.3 is 8.83 Å². The van der Waals surface area contributed by atoms with Crippen LogP contribution in [0.3, 0.4) is 0 Å². The zero-order valence-electron chi connectivity index (χ0n) is 17.3. The fourth-order valence-electron chi connectivity index (χ4n) is 2.12. The Balaban J connectivity index is 0.000000240. The molecule has 0 saturated heterocycles. The van der Waals surface area contributed by atoms with Crippen LogP contribution in [0.5, 0.6) is 0 Å². The molecule has 2 heterocycles. The summed E-state index contributed by atoms with van der Waals surface area (Å²) in [5.74, 6) is 4.22. The summed E-state index contributed by atoms with van der Waals surface area (Å²) in [7, 11) is 0. The Kier molecular flexibility index (Phi) is 6.55. The van der Waals surface area contributed by atoms with Crippen molar-refractivity contribution >= 4 is 0 Å². The maximum absolute atomic E-state index is 5.71. The van der Waals surface area contributed by atoms with E-state index in [4.69, 9.17) is 8.83 Å². The molecular formula is C22H36O2. The monoisotopic (exact) mass is 332 g/mol. The Hall–Kier alpha value is -1.44. The Morgan fingerprint density at radius 3 is 1.54 bits per heavy atom. The average molecular weight is 333 g/mol. The quantitative estimate of drug-likeness (QED) is 0.572. The van der Waals surface area contributed by atoms with Gasteiger partial charge in [-0.15, -0.1) is 0 Å². The summed E-state index contributed by atoms with van der Waals surface area (Å²) in [6, 6.07) is 6.31. The molecule has 0 saturated carbocycles. The normalized spacial score (nSPS) is 12.5. The van der Waals surface area contributed by atoms with Crippen LogP contribution >= 0.6 is 0 Å². The van der Waals surface area contributed by atoms with E-state index in [0.717, 1.165) is 17.3 Å². The van der Waals surface area contributed by atoms with Crippen LogP contribution < -0.4 is 0 Å². The van der Waals surface area contributed by atoms with Gasteiger partial charge in [-0.25, -0.2) is 0 Å². The van der Waals surface area contributed by atoms with Gasteiger partial charge in [0.2, 0.25) is 0 Å². The van der Waals surface area contributed by atoms with E-state index in [-0.39, 0.29) is 10.8 Å². The molecule has 0 fully saturated rings. The lowest BCUT2D eigenvalue weighted by Gasteiger charge is -2.14. The molecule has 2 rings (SSSR count). The minimum Gasteiger partial charge on any atom is -0.469 e. The molecule has 0 bridgehead atoms. The van der Waals surface area contributed by atoms with Gasteiger partial charge in [0.05, 0.1) is 6.26 Å². The third-order valence-electron chi connectivity index (χ3n) is 3.99. The van der Waals surface area contributed by atoms with Crippen LogP contribution in [-0.4, -0.2) is 0 Å². The van der Waals surface area contributed by atoms with Crippen LogP contribution in [0.1, 0.15) is 104 Å². The van der Waals surface area contributed by atoms with Gasteiger partial charge in [0.1, 0.15) is 17.3 Å². The third-order valence-corrected chi connectivity index (χ3v) is 3.99. The average Bonchev–Trinajstić information content (AvgIpc) is 3.08. The molecule has 0 atom stereocenters. The van der Waals surface area contributed by atoms with E-state index in [1.165, 1.54) is 5.56 Å². The summed E-state index contributed by atoms with van der Waals surface area (Å²) >= 11 is 0. The minimum absolute atomic E-state index is 0.132. The van der Waals surface area contributed by atoms with Gasteiger partial charge in [0.25, 0.3) is 0 Å². The molecule has 2 heteroatoms. The van der Waals surface area contributed by atoms with Crippen molar-refractivity contribution in [2.24, 2.45) is 0 Å². The predicted molar refractivity (Wildman–Crippen MR) is 103 cm³/mol. The summed E-state index contributed by atoms with van der Waals surface area (Å²) in [6.45, 7) is 21.7. The Bertz CT molecular complexity index is 557. The van der Waals surface area contributed by atoms with Gasteiger partial charge in [-0.3, -0.25) is 0 Å². The highest BCUT2D eigenvalue weighted by Crippen LogP contribution is 2.28. The number of rotatable bonds is 2. The zero-order valence-corrected chi connectivity index (χ0v) is 17.3. The maximum atomic E-state index is 5.71. The molecule has 0 aliphatic heterocycles. The lowest BCUT2D eigenvalue weighted by molar-refractivity contribution is 0.377. The minimum atomic E-state index is 0.132. The molecule has 136 valence electrons. The molecule has 0 aliphatic rings. The first-order valence-corrected chi connectivity index (χ1v) is 9.01. The Morgan fingerprint density at radius 2 is 1.29 bits per heavy atom. The molecule has 0 amide bonds. The maximum Gasteiger partial charge on any atom is 0.109 e. The van der Waals surface area contributed by atoms with E-state index in [2.05, 4.69) is 87.4 Å². The highest BCUT2D eigenvalue weighted by molar-refractivity contribution is 5.22. The highest BCUT2D eigenvalue weighted by Gasteiger charge is 2.19. The molecule has 2 aromatic heterocycles. The predicted octanol–water partition coefficient (Wildman–Crippen LogP) is 7.40. The van der Waals surface area contributed by atoms with Crippen molar-refractivity contribution in [2.75, 3.05) is 0 Å². The Morgan fingerprint density at radius 1 is 0.750 bits per heavy atom. The topological polar surface area (TPSA) is 26.3 Å². The van der Waals surface area contributed by atoms with Gasteiger partial charge in [0, 0.05) is 17.3 Å². The summed E-state index contributed by atoms with van der Waals surface area (Å²) in [5.41, 5.74) is 1.62. The van der Waals surface area contributed by atoms with Crippen LogP contribution in [0, 0.1) is 0 Å². The lowest BCUT2D eigenvalue weighted by atomic mass is 9.89. The standard InChI is InChI=1S/2C11H18O/c1-8(2)10-6-9(7-12-10)11(3,4)5;1-8(2)9-6-7-10(12-9)11(3,4)5/h2*6-8H,1-5H3. The van der Waals surface area contributed by atoms with Gasteiger partial charge in [0.15, 0.2) is 0 Å². The molecule has 0 radical (unpaired) electrons. The summed E-state index contributed by atoms with van der Waals surface area (Å²) in [6.07, 6.45) is 1.87. The molecule has 0 aliphatic carbocycles. The van der Waals surface area contributed by atoms with Crippen LogP contribution in [-0.2, 0) is 10.8 Å². The summed E-state index contributed by atoms with van der Waals surface area (Å²) < 4.78 is 11.2. The molecule has 0 aromatic carbocycles. The third kappa shape index (κ3) is 5.89. The molecule has 0 N–H and O–H groups in total.